The third kappa shape index (κ3) is 3.57. The normalized spacial score (nSPS) is 16.0. The Morgan fingerprint density at radius 2 is 1.54 bits per heavy atom. The zero-order valence-corrected chi connectivity index (χ0v) is 13.8. The number of hydrogen-bond donors (Lipinski definition) is 5. The molecular weight excluding hydrogens is 332 g/mol. The average molecular weight is 350 g/mol. The first-order valence-corrected chi connectivity index (χ1v) is 7.84. The molecule has 0 aromatic heterocycles. The van der Waals surface area contributed by atoms with Crippen LogP contribution in [0.2, 0.25) is 0 Å². The summed E-state index contributed by atoms with van der Waals surface area (Å²) in [5.74, 6) is -0.765. The second-order valence-corrected chi connectivity index (χ2v) is 5.70. The number of benzene rings is 2. The Kier molecular flexibility index (Phi) is 4.72. The maximum atomic E-state index is 12.3. The van der Waals surface area contributed by atoms with E-state index in [1.807, 2.05) is 0 Å². The number of allylic oxidation sites excluding steroid dienone is 2. The zero-order valence-electron chi connectivity index (χ0n) is 13.8. The average Bonchev–Trinajstić information content (AvgIpc) is 2.62. The van der Waals surface area contributed by atoms with Crippen molar-refractivity contribution < 1.29 is 15.0 Å². The van der Waals surface area contributed by atoms with Crippen LogP contribution >= 0.6 is 0 Å². The van der Waals surface area contributed by atoms with Crippen LogP contribution in [0.3, 0.4) is 0 Å². The Balaban J connectivity index is 2.03. The van der Waals surface area contributed by atoms with Gasteiger partial charge >= 0.3 is 0 Å². The number of nitrogens with zero attached hydrogens (tertiary/aromatic N) is 1. The fourth-order valence-corrected chi connectivity index (χ4v) is 2.49. The predicted molar refractivity (Wildman–Crippen MR) is 102 cm³/mol. The first-order chi connectivity index (χ1) is 12.5. The molecule has 0 saturated carbocycles. The molecule has 0 spiro atoms. The molecule has 0 unspecified atom stereocenters. The van der Waals surface area contributed by atoms with E-state index in [1.54, 1.807) is 48.5 Å². The predicted octanol–water partition coefficient (Wildman–Crippen LogP) is 2.31. The van der Waals surface area contributed by atoms with Gasteiger partial charge in [0.2, 0.25) is 5.78 Å². The number of carbonyl (C=O) groups excluding carboxylic acids is 1. The summed E-state index contributed by atoms with van der Waals surface area (Å²) in [5.41, 5.74) is 14.1. The summed E-state index contributed by atoms with van der Waals surface area (Å²) in [4.78, 5) is 16.7. The second-order valence-electron chi connectivity index (χ2n) is 5.70. The summed E-state index contributed by atoms with van der Waals surface area (Å²) in [7, 11) is 0. The highest BCUT2D eigenvalue weighted by molar-refractivity contribution is 6.25. The van der Waals surface area contributed by atoms with Crippen LogP contribution in [-0.2, 0) is 4.79 Å². The number of rotatable bonds is 4. The highest BCUT2D eigenvalue weighted by Crippen LogP contribution is 2.25. The van der Waals surface area contributed by atoms with Gasteiger partial charge in [-0.05, 0) is 48.5 Å². The Bertz CT molecular complexity index is 926. The van der Waals surface area contributed by atoms with Crippen LogP contribution in [0.15, 0.2) is 76.6 Å². The largest absolute Gasteiger partial charge is 0.506 e. The standard InChI is InChI=1S/C19H18N4O3/c20-11-1-5-13(6-2-11)22-18-15(10-24)19(17(26)9-16(18)25)23-14-7-3-12(21)4-8-14/h1-9,22,24,26H,10,20-21H2/b23-19-. The number of aliphatic hydroxyl groups excluding tert-OH is 2. The van der Waals surface area contributed by atoms with Gasteiger partial charge in [0.15, 0.2) is 0 Å². The van der Waals surface area contributed by atoms with Gasteiger partial charge in [-0.1, -0.05) is 0 Å². The number of hydrogen-bond acceptors (Lipinski definition) is 7. The van der Waals surface area contributed by atoms with Crippen molar-refractivity contribution in [3.05, 3.63) is 71.6 Å². The molecule has 0 amide bonds. The number of aliphatic imine (C=N–C) groups is 1. The quantitative estimate of drug-likeness (QED) is 0.424. The van der Waals surface area contributed by atoms with Gasteiger partial charge in [0.1, 0.15) is 11.5 Å². The molecule has 1 aliphatic rings. The maximum absolute atomic E-state index is 12.3. The van der Waals surface area contributed by atoms with Crippen molar-refractivity contribution in [2.24, 2.45) is 4.99 Å². The molecule has 0 radical (unpaired) electrons. The van der Waals surface area contributed by atoms with Crippen LogP contribution < -0.4 is 16.8 Å². The molecule has 0 aliphatic heterocycles. The fourth-order valence-electron chi connectivity index (χ4n) is 2.49. The molecule has 1 aliphatic carbocycles. The van der Waals surface area contributed by atoms with Gasteiger partial charge < -0.3 is 27.0 Å². The van der Waals surface area contributed by atoms with E-state index in [1.165, 1.54) is 0 Å². The van der Waals surface area contributed by atoms with Crippen molar-refractivity contribution >= 4 is 34.2 Å². The molecule has 3 rings (SSSR count). The topological polar surface area (TPSA) is 134 Å². The highest BCUT2D eigenvalue weighted by Gasteiger charge is 2.26. The van der Waals surface area contributed by atoms with Crippen molar-refractivity contribution in [1.29, 1.82) is 0 Å². The highest BCUT2D eigenvalue weighted by atomic mass is 16.3. The molecule has 7 heteroatoms. The molecule has 2 aromatic rings. The van der Waals surface area contributed by atoms with Gasteiger partial charge in [-0.25, -0.2) is 4.99 Å². The lowest BCUT2D eigenvalue weighted by Gasteiger charge is -2.19. The second kappa shape index (κ2) is 7.12. The zero-order chi connectivity index (χ0) is 18.7. The third-order valence-corrected chi connectivity index (χ3v) is 3.82. The van der Waals surface area contributed by atoms with E-state index in [2.05, 4.69) is 10.3 Å². The van der Waals surface area contributed by atoms with Crippen LogP contribution in [0.25, 0.3) is 0 Å². The van der Waals surface area contributed by atoms with Gasteiger partial charge in [0.05, 0.1) is 18.0 Å². The van der Waals surface area contributed by atoms with Crippen molar-refractivity contribution in [3.63, 3.8) is 0 Å². The molecule has 7 nitrogen and oxygen atoms in total. The number of aliphatic hydroxyl groups is 2. The summed E-state index contributed by atoms with van der Waals surface area (Å²) < 4.78 is 0. The lowest BCUT2D eigenvalue weighted by atomic mass is 9.97. The van der Waals surface area contributed by atoms with Gasteiger partial charge in [0, 0.05) is 28.7 Å². The van der Waals surface area contributed by atoms with Crippen LogP contribution in [0.1, 0.15) is 0 Å². The number of nitrogens with one attached hydrogen (secondary N) is 1. The van der Waals surface area contributed by atoms with Gasteiger partial charge in [0.25, 0.3) is 0 Å². The Labute approximate surface area is 150 Å². The first-order valence-electron chi connectivity index (χ1n) is 7.84. The number of ketones is 1. The SMILES string of the molecule is Nc1ccc(/N=C2\C(O)=CC(=O)C(Nc3ccc(N)cc3)=C2CO)cc1. The van der Waals surface area contributed by atoms with E-state index < -0.39 is 12.4 Å². The Hall–Kier alpha value is -3.58. The summed E-state index contributed by atoms with van der Waals surface area (Å²) >= 11 is 0. The molecule has 2 aromatic carbocycles. The molecule has 0 saturated heterocycles. The number of nitrogen functional groups attached to an aromatic ring is 2. The van der Waals surface area contributed by atoms with E-state index >= 15 is 0 Å². The van der Waals surface area contributed by atoms with Crippen LogP contribution in [-0.4, -0.2) is 28.3 Å². The molecule has 132 valence electrons. The van der Waals surface area contributed by atoms with Crippen LogP contribution in [0.5, 0.6) is 0 Å². The van der Waals surface area contributed by atoms with Gasteiger partial charge in [-0.3, -0.25) is 4.79 Å². The smallest absolute Gasteiger partial charge is 0.206 e. The van der Waals surface area contributed by atoms with E-state index in [0.29, 0.717) is 22.7 Å². The summed E-state index contributed by atoms with van der Waals surface area (Å²) in [6.07, 6.45) is 1.06. The minimum atomic E-state index is -0.477. The number of carbonyl (C=O) groups is 1. The summed E-state index contributed by atoms with van der Waals surface area (Å²) in [6.45, 7) is -0.477. The fraction of sp³-hybridized carbons (Fsp3) is 0.0526. The molecule has 0 bridgehead atoms. The summed E-state index contributed by atoms with van der Waals surface area (Å²) in [5, 5.41) is 22.9. The van der Waals surface area contributed by atoms with E-state index in [9.17, 15) is 15.0 Å². The first kappa shape index (κ1) is 17.2. The lowest BCUT2D eigenvalue weighted by Crippen LogP contribution is -2.25. The van der Waals surface area contributed by atoms with Crippen LogP contribution in [0, 0.1) is 0 Å². The minimum absolute atomic E-state index is 0.120. The monoisotopic (exact) mass is 350 g/mol. The van der Waals surface area contributed by atoms with E-state index in [0.717, 1.165) is 6.08 Å². The lowest BCUT2D eigenvalue weighted by molar-refractivity contribution is -0.111. The molecule has 26 heavy (non-hydrogen) atoms. The number of nitrogens with two attached hydrogens (primary N) is 2. The van der Waals surface area contributed by atoms with Crippen molar-refractivity contribution in [2.75, 3.05) is 23.4 Å². The molecule has 0 heterocycles. The molecule has 0 atom stereocenters. The van der Waals surface area contributed by atoms with Crippen LogP contribution in [0.4, 0.5) is 22.7 Å². The third-order valence-electron chi connectivity index (χ3n) is 3.82. The molecular formula is C19H18N4O3. The van der Waals surface area contributed by atoms with Crippen molar-refractivity contribution in [1.82, 2.24) is 0 Å². The molecule has 0 fully saturated rings. The molecule has 7 N–H and O–H groups in total. The van der Waals surface area contributed by atoms with E-state index in [-0.39, 0.29) is 22.7 Å². The van der Waals surface area contributed by atoms with Gasteiger partial charge in [-0.2, -0.15) is 0 Å². The minimum Gasteiger partial charge on any atom is -0.506 e. The van der Waals surface area contributed by atoms with Gasteiger partial charge in [-0.15, -0.1) is 0 Å². The Morgan fingerprint density at radius 3 is 2.12 bits per heavy atom. The maximum Gasteiger partial charge on any atom is 0.206 e. The van der Waals surface area contributed by atoms with Crippen molar-refractivity contribution in [3.8, 4) is 0 Å². The van der Waals surface area contributed by atoms with E-state index in [4.69, 9.17) is 11.5 Å². The summed E-state index contributed by atoms with van der Waals surface area (Å²) in [6, 6.07) is 13.5. The Morgan fingerprint density at radius 1 is 0.962 bits per heavy atom. The number of anilines is 3. The van der Waals surface area contributed by atoms with Crippen molar-refractivity contribution in [2.45, 2.75) is 0 Å².